The van der Waals surface area contributed by atoms with E-state index in [1.54, 1.807) is 42.7 Å². The molecule has 0 amide bonds. The molecule has 3 rings (SSSR count). The smallest absolute Gasteiger partial charge is 0.312 e. The number of methoxy groups -OCH3 is 1. The van der Waals surface area contributed by atoms with Crippen molar-refractivity contribution in [2.45, 2.75) is 6.42 Å². The molecule has 0 atom stereocenters. The molecule has 0 spiro atoms. The number of pyridine rings is 1. The number of hydrogen-bond donors (Lipinski definition) is 1. The van der Waals surface area contributed by atoms with Crippen molar-refractivity contribution in [1.29, 1.82) is 5.26 Å². The molecule has 0 aliphatic heterocycles. The fraction of sp³-hybridized carbons (Fsp3) is 0.100. The average Bonchev–Trinajstić information content (AvgIpc) is 3.04. The van der Waals surface area contributed by atoms with Gasteiger partial charge < -0.3 is 9.84 Å². The first-order valence-corrected chi connectivity index (χ1v) is 8.89. The largest absolute Gasteiger partial charge is 0.496 e. The Labute approximate surface area is 168 Å². The van der Waals surface area contributed by atoms with E-state index >= 15 is 0 Å². The fourth-order valence-corrected chi connectivity index (χ4v) is 3.21. The number of carbonyl (C=O) groups excluding carboxylic acids is 1. The van der Waals surface area contributed by atoms with E-state index in [0.29, 0.717) is 27.8 Å². The number of hydrogen-bond acceptors (Lipinski definition) is 5. The zero-order chi connectivity index (χ0) is 20.3. The Kier molecular flexibility index (Phi) is 5.57. The van der Waals surface area contributed by atoms with Gasteiger partial charge in [-0.2, -0.15) is 5.26 Å². The second kappa shape index (κ2) is 8.06. The quantitative estimate of drug-likeness (QED) is 0.475. The van der Waals surface area contributed by atoms with Gasteiger partial charge >= 0.3 is 5.97 Å². The minimum Gasteiger partial charge on any atom is -0.496 e. The molecule has 0 bridgehead atoms. The van der Waals surface area contributed by atoms with Gasteiger partial charge in [0, 0.05) is 39.6 Å². The number of benzene rings is 1. The number of carboxylic acid groups (broad SMARTS) is 1. The van der Waals surface area contributed by atoms with Crippen LogP contribution < -0.4 is 4.74 Å². The van der Waals surface area contributed by atoms with Crippen LogP contribution >= 0.6 is 15.9 Å². The van der Waals surface area contributed by atoms with Crippen molar-refractivity contribution in [3.63, 3.8) is 0 Å². The third-order valence-electron chi connectivity index (χ3n) is 4.08. The number of nitrogens with zero attached hydrogens (tertiary/aromatic N) is 3. The van der Waals surface area contributed by atoms with Crippen LogP contribution in [0.3, 0.4) is 0 Å². The molecule has 0 saturated carbocycles. The van der Waals surface area contributed by atoms with E-state index in [0.717, 1.165) is 4.47 Å². The zero-order valence-electron chi connectivity index (χ0n) is 14.7. The zero-order valence-corrected chi connectivity index (χ0v) is 16.3. The highest BCUT2D eigenvalue weighted by atomic mass is 79.9. The Hall–Kier alpha value is -3.44. The van der Waals surface area contributed by atoms with Gasteiger partial charge in [-0.15, -0.1) is 0 Å². The molecule has 0 aliphatic rings. The lowest BCUT2D eigenvalue weighted by molar-refractivity contribution is -0.136. The van der Waals surface area contributed by atoms with Crippen LogP contribution in [0.1, 0.15) is 22.3 Å². The first-order chi connectivity index (χ1) is 13.4. The van der Waals surface area contributed by atoms with E-state index in [1.165, 1.54) is 17.9 Å². The lowest BCUT2D eigenvalue weighted by Gasteiger charge is -2.04. The van der Waals surface area contributed by atoms with E-state index in [2.05, 4.69) is 27.0 Å². The van der Waals surface area contributed by atoms with E-state index in [4.69, 9.17) is 9.84 Å². The molecule has 0 aliphatic carbocycles. The highest BCUT2D eigenvalue weighted by molar-refractivity contribution is 9.10. The highest BCUT2D eigenvalue weighted by Gasteiger charge is 2.19. The molecule has 2 aromatic heterocycles. The molecule has 0 unspecified atom stereocenters. The van der Waals surface area contributed by atoms with E-state index in [1.807, 2.05) is 0 Å². The molecule has 7 nitrogen and oxygen atoms in total. The predicted octanol–water partition coefficient (Wildman–Crippen LogP) is 3.99. The van der Waals surface area contributed by atoms with E-state index < -0.39 is 18.3 Å². The van der Waals surface area contributed by atoms with Crippen LogP contribution in [0.25, 0.3) is 22.6 Å². The van der Waals surface area contributed by atoms with Gasteiger partial charge in [0.1, 0.15) is 12.2 Å². The Morgan fingerprint density at radius 1 is 1.39 bits per heavy atom. The second-order valence-corrected chi connectivity index (χ2v) is 6.74. The van der Waals surface area contributed by atoms with Gasteiger partial charge in [-0.3, -0.25) is 19.1 Å². The standard InChI is InChI=1S/C20H14BrN3O4/c1-28-18-4-5-23-10-13(18)6-12(9-22)16-11-24(19(25)8-20(26)27)17-3-2-14(21)7-15(16)17/h2-7,10-11H,8H2,1H3,(H,26,27). The Morgan fingerprint density at radius 3 is 2.86 bits per heavy atom. The van der Waals surface area contributed by atoms with E-state index in [-0.39, 0.29) is 5.57 Å². The first kappa shape index (κ1) is 19.3. The van der Waals surface area contributed by atoms with E-state index in [9.17, 15) is 14.9 Å². The summed E-state index contributed by atoms with van der Waals surface area (Å²) in [6.07, 6.45) is 5.60. The first-order valence-electron chi connectivity index (χ1n) is 8.10. The third kappa shape index (κ3) is 3.80. The van der Waals surface area contributed by atoms with Crippen molar-refractivity contribution < 1.29 is 19.4 Å². The predicted molar refractivity (Wildman–Crippen MR) is 107 cm³/mol. The minimum atomic E-state index is -1.22. The van der Waals surface area contributed by atoms with Crippen LogP contribution in [0.4, 0.5) is 0 Å². The number of rotatable bonds is 5. The maximum absolute atomic E-state index is 12.4. The van der Waals surface area contributed by atoms with Crippen LogP contribution in [0.15, 0.2) is 47.3 Å². The average molecular weight is 440 g/mol. The summed E-state index contributed by atoms with van der Waals surface area (Å²) in [5.74, 6) is -1.27. The second-order valence-electron chi connectivity index (χ2n) is 5.83. The molecule has 0 fully saturated rings. The number of fused-ring (bicyclic) bond motifs is 1. The lowest BCUT2D eigenvalue weighted by Crippen LogP contribution is -2.14. The van der Waals surface area contributed by atoms with Crippen LogP contribution in [0.5, 0.6) is 5.75 Å². The van der Waals surface area contributed by atoms with Gasteiger partial charge in [-0.1, -0.05) is 15.9 Å². The number of aromatic nitrogens is 2. The molecule has 3 aromatic rings. The van der Waals surface area contributed by atoms with Crippen molar-refractivity contribution in [3.8, 4) is 11.8 Å². The Balaban J connectivity index is 2.22. The molecule has 0 radical (unpaired) electrons. The van der Waals surface area contributed by atoms with Gasteiger partial charge in [0.2, 0.25) is 5.91 Å². The summed E-state index contributed by atoms with van der Waals surface area (Å²) in [6.45, 7) is 0. The summed E-state index contributed by atoms with van der Waals surface area (Å²) in [5, 5.41) is 19.3. The Bertz CT molecular complexity index is 1160. The summed E-state index contributed by atoms with van der Waals surface area (Å²) in [5.41, 5.74) is 1.91. The van der Waals surface area contributed by atoms with Crippen molar-refractivity contribution in [1.82, 2.24) is 9.55 Å². The SMILES string of the molecule is COc1ccncc1C=C(C#N)c1cn(C(=O)CC(=O)O)c2ccc(Br)cc12. The van der Waals surface area contributed by atoms with Gasteiger partial charge in [0.25, 0.3) is 0 Å². The van der Waals surface area contributed by atoms with Crippen molar-refractivity contribution >= 4 is 50.4 Å². The summed E-state index contributed by atoms with van der Waals surface area (Å²) in [6, 6.07) is 9.04. The summed E-state index contributed by atoms with van der Waals surface area (Å²) in [7, 11) is 1.52. The minimum absolute atomic E-state index is 0.288. The van der Waals surface area contributed by atoms with Crippen molar-refractivity contribution in [2.24, 2.45) is 0 Å². The monoisotopic (exact) mass is 439 g/mol. The van der Waals surface area contributed by atoms with Gasteiger partial charge in [-0.25, -0.2) is 0 Å². The molecule has 28 heavy (non-hydrogen) atoms. The highest BCUT2D eigenvalue weighted by Crippen LogP contribution is 2.32. The summed E-state index contributed by atoms with van der Waals surface area (Å²) >= 11 is 3.39. The number of ether oxygens (including phenoxy) is 1. The number of aliphatic carboxylic acids is 1. The lowest BCUT2D eigenvalue weighted by atomic mass is 10.0. The summed E-state index contributed by atoms with van der Waals surface area (Å²) < 4.78 is 7.32. The number of allylic oxidation sites excluding steroid dienone is 1. The third-order valence-corrected chi connectivity index (χ3v) is 4.57. The Morgan fingerprint density at radius 2 is 2.18 bits per heavy atom. The van der Waals surface area contributed by atoms with Gasteiger partial charge in [-0.05, 0) is 30.3 Å². The number of halogens is 1. The number of carboxylic acids is 1. The molecule has 2 heterocycles. The van der Waals surface area contributed by atoms with Crippen molar-refractivity contribution in [3.05, 3.63) is 58.5 Å². The van der Waals surface area contributed by atoms with Crippen LogP contribution in [0.2, 0.25) is 0 Å². The maximum atomic E-state index is 12.4. The molecule has 1 N–H and O–H groups in total. The normalized spacial score (nSPS) is 11.2. The topological polar surface area (TPSA) is 105 Å². The van der Waals surface area contributed by atoms with Gasteiger partial charge in [0.05, 0.1) is 24.3 Å². The number of carbonyl (C=O) groups is 2. The maximum Gasteiger partial charge on any atom is 0.312 e. The molecule has 140 valence electrons. The van der Waals surface area contributed by atoms with Crippen LogP contribution in [0, 0.1) is 11.3 Å². The van der Waals surface area contributed by atoms with Crippen molar-refractivity contribution in [2.75, 3.05) is 7.11 Å². The van der Waals surface area contributed by atoms with Crippen LogP contribution in [-0.2, 0) is 4.79 Å². The fourth-order valence-electron chi connectivity index (χ4n) is 2.85. The molecule has 0 saturated heterocycles. The molecular weight excluding hydrogens is 426 g/mol. The molecule has 8 heteroatoms. The molecule has 1 aromatic carbocycles. The van der Waals surface area contributed by atoms with Crippen LogP contribution in [-0.4, -0.2) is 33.6 Å². The molecular formula is C20H14BrN3O4. The number of nitriles is 1. The summed E-state index contributed by atoms with van der Waals surface area (Å²) in [4.78, 5) is 27.4. The van der Waals surface area contributed by atoms with Gasteiger partial charge in [0.15, 0.2) is 0 Å².